The maximum absolute atomic E-state index is 13.4. The van der Waals surface area contributed by atoms with Crippen molar-refractivity contribution in [2.24, 2.45) is 0 Å². The van der Waals surface area contributed by atoms with Crippen molar-refractivity contribution >= 4 is 11.6 Å². The standard InChI is InChI=1S/C14H18FN3O/c1-10-6-12(15)8-13(7-10)17-14-16-11(2)9-18(14)4-5-19-3/h6-9H,4-5H2,1-3H3,(H,16,17). The first-order valence-corrected chi connectivity index (χ1v) is 6.15. The van der Waals surface area contributed by atoms with Crippen molar-refractivity contribution in [1.82, 2.24) is 9.55 Å². The molecule has 2 rings (SSSR count). The van der Waals surface area contributed by atoms with Gasteiger partial charge >= 0.3 is 0 Å². The summed E-state index contributed by atoms with van der Waals surface area (Å²) in [4.78, 5) is 4.39. The highest BCUT2D eigenvalue weighted by Crippen LogP contribution is 2.19. The van der Waals surface area contributed by atoms with Gasteiger partial charge in [0.15, 0.2) is 0 Å². The number of hydrogen-bond donors (Lipinski definition) is 1. The summed E-state index contributed by atoms with van der Waals surface area (Å²) in [5, 5.41) is 3.14. The van der Waals surface area contributed by atoms with E-state index >= 15 is 0 Å². The fourth-order valence-corrected chi connectivity index (χ4v) is 1.94. The van der Waals surface area contributed by atoms with Gasteiger partial charge in [0.1, 0.15) is 5.82 Å². The van der Waals surface area contributed by atoms with E-state index in [1.807, 2.05) is 30.7 Å². The zero-order valence-electron chi connectivity index (χ0n) is 11.4. The minimum Gasteiger partial charge on any atom is -0.383 e. The van der Waals surface area contributed by atoms with E-state index in [1.165, 1.54) is 12.1 Å². The molecule has 0 fully saturated rings. The Labute approximate surface area is 112 Å². The Morgan fingerprint density at radius 2 is 2.11 bits per heavy atom. The molecule has 1 aromatic heterocycles. The number of ether oxygens (including phenoxy) is 1. The summed E-state index contributed by atoms with van der Waals surface area (Å²) < 4.78 is 20.4. The van der Waals surface area contributed by atoms with Crippen LogP contribution in [-0.4, -0.2) is 23.3 Å². The Hall–Kier alpha value is -1.88. The first-order valence-electron chi connectivity index (χ1n) is 6.15. The molecule has 0 saturated carbocycles. The topological polar surface area (TPSA) is 39.1 Å². The molecule has 0 atom stereocenters. The van der Waals surface area contributed by atoms with Crippen LogP contribution < -0.4 is 5.32 Å². The van der Waals surface area contributed by atoms with Crippen LogP contribution in [-0.2, 0) is 11.3 Å². The first kappa shape index (κ1) is 13.5. The summed E-state index contributed by atoms with van der Waals surface area (Å²) >= 11 is 0. The molecule has 1 N–H and O–H groups in total. The molecule has 19 heavy (non-hydrogen) atoms. The lowest BCUT2D eigenvalue weighted by Crippen LogP contribution is -2.07. The summed E-state index contributed by atoms with van der Waals surface area (Å²) in [6.07, 6.45) is 1.94. The van der Waals surface area contributed by atoms with E-state index in [9.17, 15) is 4.39 Å². The minimum absolute atomic E-state index is 0.255. The number of aromatic nitrogens is 2. The van der Waals surface area contributed by atoms with Crippen LogP contribution in [0.5, 0.6) is 0 Å². The Morgan fingerprint density at radius 1 is 1.32 bits per heavy atom. The zero-order chi connectivity index (χ0) is 13.8. The van der Waals surface area contributed by atoms with Gasteiger partial charge in [-0.15, -0.1) is 0 Å². The molecule has 0 aliphatic heterocycles. The quantitative estimate of drug-likeness (QED) is 0.901. The molecule has 0 unspecified atom stereocenters. The fraction of sp³-hybridized carbons (Fsp3) is 0.357. The van der Waals surface area contributed by atoms with Crippen LogP contribution in [0.4, 0.5) is 16.0 Å². The number of rotatable bonds is 5. The summed E-state index contributed by atoms with van der Waals surface area (Å²) in [6, 6.07) is 4.83. The SMILES string of the molecule is COCCn1cc(C)nc1Nc1cc(C)cc(F)c1. The number of methoxy groups -OCH3 is 1. The molecule has 0 saturated heterocycles. The van der Waals surface area contributed by atoms with Crippen molar-refractivity contribution in [3.05, 3.63) is 41.5 Å². The van der Waals surface area contributed by atoms with Crippen molar-refractivity contribution in [1.29, 1.82) is 0 Å². The maximum Gasteiger partial charge on any atom is 0.207 e. The van der Waals surface area contributed by atoms with Crippen molar-refractivity contribution in [2.45, 2.75) is 20.4 Å². The van der Waals surface area contributed by atoms with Gasteiger partial charge in [-0.25, -0.2) is 9.37 Å². The predicted molar refractivity (Wildman–Crippen MR) is 73.3 cm³/mol. The van der Waals surface area contributed by atoms with E-state index in [2.05, 4.69) is 10.3 Å². The number of nitrogens with zero attached hydrogens (tertiary/aromatic N) is 2. The smallest absolute Gasteiger partial charge is 0.207 e. The van der Waals surface area contributed by atoms with Crippen molar-refractivity contribution in [3.8, 4) is 0 Å². The molecule has 0 spiro atoms. The van der Waals surface area contributed by atoms with Gasteiger partial charge < -0.3 is 14.6 Å². The van der Waals surface area contributed by atoms with E-state index in [-0.39, 0.29) is 5.82 Å². The Kier molecular flexibility index (Phi) is 4.16. The van der Waals surface area contributed by atoms with Crippen LogP contribution in [0.1, 0.15) is 11.3 Å². The van der Waals surface area contributed by atoms with Crippen LogP contribution in [0.25, 0.3) is 0 Å². The number of anilines is 2. The summed E-state index contributed by atoms with van der Waals surface area (Å²) in [5.74, 6) is 0.439. The van der Waals surface area contributed by atoms with Crippen molar-refractivity contribution in [2.75, 3.05) is 19.0 Å². The number of aryl methyl sites for hydroxylation is 2. The second-order valence-corrected chi connectivity index (χ2v) is 4.53. The third-order valence-electron chi connectivity index (χ3n) is 2.73. The average Bonchev–Trinajstić information content (AvgIpc) is 2.65. The normalized spacial score (nSPS) is 10.7. The molecule has 0 aliphatic rings. The molecular weight excluding hydrogens is 245 g/mol. The van der Waals surface area contributed by atoms with Crippen molar-refractivity contribution in [3.63, 3.8) is 0 Å². The third-order valence-corrected chi connectivity index (χ3v) is 2.73. The largest absolute Gasteiger partial charge is 0.383 e. The van der Waals surface area contributed by atoms with Crippen LogP contribution in [0.2, 0.25) is 0 Å². The number of hydrogen-bond acceptors (Lipinski definition) is 3. The number of nitrogens with one attached hydrogen (secondary N) is 1. The fourth-order valence-electron chi connectivity index (χ4n) is 1.94. The highest BCUT2D eigenvalue weighted by atomic mass is 19.1. The molecule has 0 amide bonds. The van der Waals surface area contributed by atoms with E-state index in [1.54, 1.807) is 7.11 Å². The van der Waals surface area contributed by atoms with Crippen LogP contribution in [0, 0.1) is 19.7 Å². The molecule has 2 aromatic rings. The van der Waals surface area contributed by atoms with Gasteiger partial charge in [0.2, 0.25) is 5.95 Å². The predicted octanol–water partition coefficient (Wildman–Crippen LogP) is 3.03. The van der Waals surface area contributed by atoms with E-state index < -0.39 is 0 Å². The molecule has 0 bridgehead atoms. The van der Waals surface area contributed by atoms with E-state index in [0.717, 1.165) is 11.3 Å². The highest BCUT2D eigenvalue weighted by Gasteiger charge is 2.07. The molecular formula is C14H18FN3O. The number of halogens is 1. The summed E-state index contributed by atoms with van der Waals surface area (Å²) in [6.45, 7) is 5.09. The van der Waals surface area contributed by atoms with Crippen LogP contribution in [0.3, 0.4) is 0 Å². The Bertz CT molecular complexity index is 546. The van der Waals surface area contributed by atoms with Gasteiger partial charge in [-0.1, -0.05) is 0 Å². The van der Waals surface area contributed by atoms with Gasteiger partial charge in [-0.05, 0) is 37.6 Å². The van der Waals surface area contributed by atoms with Crippen LogP contribution in [0.15, 0.2) is 24.4 Å². The third kappa shape index (κ3) is 3.54. The molecule has 0 aliphatic carbocycles. The molecule has 1 aromatic carbocycles. The number of benzene rings is 1. The first-order chi connectivity index (χ1) is 9.08. The summed E-state index contributed by atoms with van der Waals surface area (Å²) in [5.41, 5.74) is 2.47. The Morgan fingerprint density at radius 3 is 2.79 bits per heavy atom. The molecule has 5 heteroatoms. The molecule has 4 nitrogen and oxygen atoms in total. The molecule has 0 radical (unpaired) electrons. The lowest BCUT2D eigenvalue weighted by atomic mass is 10.2. The average molecular weight is 263 g/mol. The van der Waals surface area contributed by atoms with Gasteiger partial charge in [0, 0.05) is 25.5 Å². The second kappa shape index (κ2) is 5.84. The number of imidazole rings is 1. The second-order valence-electron chi connectivity index (χ2n) is 4.53. The molecule has 1 heterocycles. The van der Waals surface area contributed by atoms with E-state index in [4.69, 9.17) is 4.74 Å². The Balaban J connectivity index is 2.22. The minimum atomic E-state index is -0.255. The zero-order valence-corrected chi connectivity index (χ0v) is 11.4. The maximum atomic E-state index is 13.4. The van der Waals surface area contributed by atoms with Crippen LogP contribution >= 0.6 is 0 Å². The van der Waals surface area contributed by atoms with Gasteiger partial charge in [-0.3, -0.25) is 0 Å². The summed E-state index contributed by atoms with van der Waals surface area (Å²) in [7, 11) is 1.66. The van der Waals surface area contributed by atoms with Gasteiger partial charge in [0.25, 0.3) is 0 Å². The lowest BCUT2D eigenvalue weighted by Gasteiger charge is -2.10. The lowest BCUT2D eigenvalue weighted by molar-refractivity contribution is 0.188. The van der Waals surface area contributed by atoms with Gasteiger partial charge in [-0.2, -0.15) is 0 Å². The van der Waals surface area contributed by atoms with Gasteiger partial charge in [0.05, 0.1) is 12.3 Å². The monoisotopic (exact) mass is 263 g/mol. The van der Waals surface area contributed by atoms with Crippen molar-refractivity contribution < 1.29 is 9.13 Å². The highest BCUT2D eigenvalue weighted by molar-refractivity contribution is 5.55. The molecule has 102 valence electrons. The van der Waals surface area contributed by atoms with E-state index in [0.29, 0.717) is 24.8 Å².